The van der Waals surface area contributed by atoms with Gasteiger partial charge in [0.15, 0.2) is 0 Å². The van der Waals surface area contributed by atoms with E-state index in [0.29, 0.717) is 0 Å². The van der Waals surface area contributed by atoms with Gasteiger partial charge in [0.05, 0.1) is 0 Å². The van der Waals surface area contributed by atoms with E-state index in [1.807, 2.05) is 0 Å². The van der Waals surface area contributed by atoms with Crippen molar-refractivity contribution in [3.63, 3.8) is 0 Å². The van der Waals surface area contributed by atoms with Gasteiger partial charge in [0.25, 0.3) is 0 Å². The molecule has 0 saturated carbocycles. The molecule has 1 atom stereocenters. The van der Waals surface area contributed by atoms with Crippen LogP contribution in [0.4, 0.5) is 0 Å². The van der Waals surface area contributed by atoms with Gasteiger partial charge in [-0.1, -0.05) is 20.8 Å². The van der Waals surface area contributed by atoms with Crippen molar-refractivity contribution in [2.45, 2.75) is 33.2 Å². The topological polar surface area (TPSA) is 32.5 Å². The van der Waals surface area contributed by atoms with Crippen molar-refractivity contribution < 1.29 is 0 Å². The van der Waals surface area contributed by atoms with Crippen molar-refractivity contribution in [1.82, 2.24) is 9.80 Å². The fourth-order valence-electron chi connectivity index (χ4n) is 2.26. The number of nitrogens with zero attached hydrogens (tertiary/aromatic N) is 2. The largest absolute Gasteiger partial charge is 0.330 e. The molecule has 0 amide bonds. The maximum atomic E-state index is 5.78. The van der Waals surface area contributed by atoms with Crippen molar-refractivity contribution >= 4 is 0 Å². The maximum Gasteiger partial charge on any atom is 0.0218 e. The summed E-state index contributed by atoms with van der Waals surface area (Å²) >= 11 is 0. The lowest BCUT2D eigenvalue weighted by atomic mass is 9.92. The molecule has 90 valence electrons. The number of likely N-dealkylation sites (N-methyl/N-ethyl adjacent to an activating group) is 1. The average molecular weight is 213 g/mol. The highest BCUT2D eigenvalue weighted by Crippen LogP contribution is 2.18. The molecule has 2 N–H and O–H groups in total. The van der Waals surface area contributed by atoms with E-state index in [-0.39, 0.29) is 5.41 Å². The van der Waals surface area contributed by atoms with Gasteiger partial charge in [-0.05, 0) is 25.4 Å². The van der Waals surface area contributed by atoms with Crippen LogP contribution in [0.5, 0.6) is 0 Å². The Labute approximate surface area is 94.6 Å². The number of rotatable bonds is 4. The Kier molecular flexibility index (Phi) is 4.56. The second kappa shape index (κ2) is 5.28. The molecule has 1 unspecified atom stereocenters. The molecule has 1 rings (SSSR count). The van der Waals surface area contributed by atoms with E-state index in [4.69, 9.17) is 5.73 Å². The molecule has 0 spiro atoms. The molecular weight excluding hydrogens is 186 g/mol. The number of hydrogen-bond acceptors (Lipinski definition) is 3. The number of nitrogens with two attached hydrogens (primary N) is 1. The minimum absolute atomic E-state index is 0.258. The lowest BCUT2D eigenvalue weighted by Crippen LogP contribution is -2.53. The van der Waals surface area contributed by atoms with Crippen molar-refractivity contribution in [2.75, 3.05) is 39.8 Å². The van der Waals surface area contributed by atoms with E-state index in [1.165, 1.54) is 26.1 Å². The summed E-state index contributed by atoms with van der Waals surface area (Å²) < 4.78 is 0. The summed E-state index contributed by atoms with van der Waals surface area (Å²) in [4.78, 5) is 5.05. The summed E-state index contributed by atoms with van der Waals surface area (Å²) in [5.74, 6) is 0. The molecule has 0 aromatic heterocycles. The van der Waals surface area contributed by atoms with E-state index >= 15 is 0 Å². The monoisotopic (exact) mass is 213 g/mol. The third-order valence-electron chi connectivity index (χ3n) is 3.54. The van der Waals surface area contributed by atoms with Gasteiger partial charge < -0.3 is 10.6 Å². The molecule has 1 saturated heterocycles. The SMILES string of the molecule is CCC1CN(CC(C)(C)CN)CCN1C. The minimum atomic E-state index is 0.258. The molecular formula is C12H27N3. The molecule has 0 aromatic rings. The molecule has 1 aliphatic heterocycles. The molecule has 0 aromatic carbocycles. The van der Waals surface area contributed by atoms with Crippen molar-refractivity contribution in [2.24, 2.45) is 11.1 Å². The molecule has 1 heterocycles. The maximum absolute atomic E-state index is 5.78. The summed E-state index contributed by atoms with van der Waals surface area (Å²) in [6.45, 7) is 12.3. The molecule has 3 heteroatoms. The highest BCUT2D eigenvalue weighted by Gasteiger charge is 2.26. The van der Waals surface area contributed by atoms with Gasteiger partial charge >= 0.3 is 0 Å². The van der Waals surface area contributed by atoms with Crippen LogP contribution in [0.1, 0.15) is 27.2 Å². The molecule has 0 radical (unpaired) electrons. The third-order valence-corrected chi connectivity index (χ3v) is 3.54. The first-order chi connectivity index (χ1) is 6.98. The lowest BCUT2D eigenvalue weighted by molar-refractivity contribution is 0.0677. The van der Waals surface area contributed by atoms with E-state index in [2.05, 4.69) is 37.6 Å². The molecule has 0 bridgehead atoms. The Morgan fingerprint density at radius 3 is 2.53 bits per heavy atom. The van der Waals surface area contributed by atoms with Gasteiger partial charge in [-0.2, -0.15) is 0 Å². The van der Waals surface area contributed by atoms with Crippen LogP contribution in [0.25, 0.3) is 0 Å². The van der Waals surface area contributed by atoms with Gasteiger partial charge in [0, 0.05) is 32.2 Å². The van der Waals surface area contributed by atoms with Crippen LogP contribution in [0.3, 0.4) is 0 Å². The predicted molar refractivity (Wildman–Crippen MR) is 66.0 cm³/mol. The standard InChI is InChI=1S/C12H27N3/c1-5-11-8-15(7-6-14(11)4)10-12(2,3)9-13/h11H,5-10,13H2,1-4H3. The molecule has 15 heavy (non-hydrogen) atoms. The number of piperazine rings is 1. The first kappa shape index (κ1) is 12.9. The Bertz CT molecular complexity index is 191. The van der Waals surface area contributed by atoms with Crippen molar-refractivity contribution in [1.29, 1.82) is 0 Å². The molecule has 3 nitrogen and oxygen atoms in total. The van der Waals surface area contributed by atoms with Crippen molar-refractivity contribution in [3.05, 3.63) is 0 Å². The quantitative estimate of drug-likeness (QED) is 0.756. The molecule has 0 aliphatic carbocycles. The normalized spacial score (nSPS) is 25.8. The molecule has 1 fully saturated rings. The zero-order chi connectivity index (χ0) is 11.5. The number of hydrogen-bond donors (Lipinski definition) is 1. The van der Waals surface area contributed by atoms with Crippen LogP contribution in [0.2, 0.25) is 0 Å². The zero-order valence-corrected chi connectivity index (χ0v) is 10.8. The highest BCUT2D eigenvalue weighted by molar-refractivity contribution is 4.83. The van der Waals surface area contributed by atoms with E-state index in [9.17, 15) is 0 Å². The third kappa shape index (κ3) is 3.74. The Balaban J connectivity index is 2.45. The summed E-state index contributed by atoms with van der Waals surface area (Å²) in [6.07, 6.45) is 1.25. The van der Waals surface area contributed by atoms with Crippen LogP contribution in [0, 0.1) is 5.41 Å². The first-order valence-electron chi connectivity index (χ1n) is 6.11. The average Bonchev–Trinajstić information content (AvgIpc) is 2.20. The van der Waals surface area contributed by atoms with Crippen LogP contribution in [0.15, 0.2) is 0 Å². The highest BCUT2D eigenvalue weighted by atomic mass is 15.3. The Morgan fingerprint density at radius 1 is 1.33 bits per heavy atom. The van der Waals surface area contributed by atoms with Crippen LogP contribution < -0.4 is 5.73 Å². The summed E-state index contributed by atoms with van der Waals surface area (Å²) in [5, 5.41) is 0. The molecule has 1 aliphatic rings. The predicted octanol–water partition coefficient (Wildman–Crippen LogP) is 0.997. The van der Waals surface area contributed by atoms with Gasteiger partial charge in [-0.15, -0.1) is 0 Å². The van der Waals surface area contributed by atoms with Gasteiger partial charge in [-0.3, -0.25) is 4.90 Å². The Morgan fingerprint density at radius 2 is 2.00 bits per heavy atom. The smallest absolute Gasteiger partial charge is 0.0218 e. The summed E-state index contributed by atoms with van der Waals surface area (Å²) in [6, 6.07) is 0.729. The second-order valence-electron chi connectivity index (χ2n) is 5.65. The second-order valence-corrected chi connectivity index (χ2v) is 5.65. The summed E-state index contributed by atoms with van der Waals surface area (Å²) in [5.41, 5.74) is 6.04. The van der Waals surface area contributed by atoms with Gasteiger partial charge in [0.2, 0.25) is 0 Å². The fraction of sp³-hybridized carbons (Fsp3) is 1.00. The lowest BCUT2D eigenvalue weighted by Gasteiger charge is -2.42. The Hall–Kier alpha value is -0.120. The minimum Gasteiger partial charge on any atom is -0.330 e. The van der Waals surface area contributed by atoms with E-state index in [1.54, 1.807) is 0 Å². The van der Waals surface area contributed by atoms with Crippen LogP contribution >= 0.6 is 0 Å². The van der Waals surface area contributed by atoms with E-state index in [0.717, 1.165) is 19.1 Å². The van der Waals surface area contributed by atoms with E-state index < -0.39 is 0 Å². The van der Waals surface area contributed by atoms with Crippen LogP contribution in [-0.2, 0) is 0 Å². The van der Waals surface area contributed by atoms with Crippen molar-refractivity contribution in [3.8, 4) is 0 Å². The zero-order valence-electron chi connectivity index (χ0n) is 10.8. The van der Waals surface area contributed by atoms with Gasteiger partial charge in [-0.25, -0.2) is 0 Å². The van der Waals surface area contributed by atoms with Gasteiger partial charge in [0.1, 0.15) is 0 Å². The van der Waals surface area contributed by atoms with Crippen LogP contribution in [-0.4, -0.2) is 55.6 Å². The summed E-state index contributed by atoms with van der Waals surface area (Å²) in [7, 11) is 2.24. The first-order valence-corrected chi connectivity index (χ1v) is 6.11. The fourth-order valence-corrected chi connectivity index (χ4v) is 2.26.